The Kier molecular flexibility index (Phi) is 4.50. The Bertz CT molecular complexity index is 738. The molecule has 25 heavy (non-hydrogen) atoms. The average Bonchev–Trinajstić information content (AvgIpc) is 3.40. The molecular formula is C20H25N3OS. The van der Waals surface area contributed by atoms with Crippen molar-refractivity contribution in [2.24, 2.45) is 5.92 Å². The molecule has 1 aliphatic heterocycles. The summed E-state index contributed by atoms with van der Waals surface area (Å²) in [5, 5.41) is 1.11. The van der Waals surface area contributed by atoms with Gasteiger partial charge in [-0.1, -0.05) is 30.3 Å². The first-order valence-electron chi connectivity index (χ1n) is 9.16. The third kappa shape index (κ3) is 3.43. The van der Waals surface area contributed by atoms with Gasteiger partial charge in [0.15, 0.2) is 5.13 Å². The number of anilines is 1. The van der Waals surface area contributed by atoms with Crippen LogP contribution < -0.4 is 4.90 Å². The van der Waals surface area contributed by atoms with Crippen molar-refractivity contribution in [1.29, 1.82) is 0 Å². The molecule has 1 aromatic heterocycles. The summed E-state index contributed by atoms with van der Waals surface area (Å²) in [6, 6.07) is 10.5. The maximum atomic E-state index is 12.9. The van der Waals surface area contributed by atoms with Crippen molar-refractivity contribution in [3.8, 4) is 0 Å². The first-order chi connectivity index (χ1) is 12.1. The molecule has 1 saturated carbocycles. The van der Waals surface area contributed by atoms with E-state index in [0.29, 0.717) is 11.8 Å². The Morgan fingerprint density at radius 2 is 1.92 bits per heavy atom. The van der Waals surface area contributed by atoms with E-state index in [0.717, 1.165) is 49.8 Å². The van der Waals surface area contributed by atoms with Crippen molar-refractivity contribution in [2.75, 3.05) is 31.1 Å². The lowest BCUT2D eigenvalue weighted by atomic mass is 10.1. The third-order valence-corrected chi connectivity index (χ3v) is 6.56. The van der Waals surface area contributed by atoms with Gasteiger partial charge in [0.1, 0.15) is 0 Å². The monoisotopic (exact) mass is 355 g/mol. The van der Waals surface area contributed by atoms with E-state index in [1.54, 1.807) is 11.3 Å². The van der Waals surface area contributed by atoms with Crippen molar-refractivity contribution in [1.82, 2.24) is 9.88 Å². The summed E-state index contributed by atoms with van der Waals surface area (Å²) in [7, 11) is 0. The van der Waals surface area contributed by atoms with Crippen LogP contribution in [0.3, 0.4) is 0 Å². The summed E-state index contributed by atoms with van der Waals surface area (Å²) in [5.74, 6) is 0.970. The molecule has 4 nitrogen and oxygen atoms in total. The van der Waals surface area contributed by atoms with Crippen molar-refractivity contribution in [3.05, 3.63) is 46.5 Å². The van der Waals surface area contributed by atoms with Crippen LogP contribution in [0.15, 0.2) is 30.3 Å². The lowest BCUT2D eigenvalue weighted by molar-refractivity contribution is -0.132. The minimum Gasteiger partial charge on any atom is -0.346 e. The molecule has 5 heteroatoms. The van der Waals surface area contributed by atoms with Crippen LogP contribution >= 0.6 is 11.3 Å². The number of hydrogen-bond donors (Lipinski definition) is 0. The number of thiazole rings is 1. The predicted octanol–water partition coefficient (Wildman–Crippen LogP) is 3.60. The number of carbonyl (C=O) groups is 1. The van der Waals surface area contributed by atoms with E-state index in [-0.39, 0.29) is 5.92 Å². The van der Waals surface area contributed by atoms with Gasteiger partial charge in [-0.2, -0.15) is 0 Å². The Hall–Kier alpha value is -1.88. The standard InChI is InChI=1S/C20H25N3OS/c1-14-15(2)25-20(21-14)23-10-6-9-22(11-12-23)19(24)18-13-17(18)16-7-4-3-5-8-16/h3-5,7-8,17-18H,6,9-13H2,1-2H3/t17-,18+/m0/s1. The number of rotatable bonds is 3. The molecule has 2 aliphatic rings. The lowest BCUT2D eigenvalue weighted by Crippen LogP contribution is -2.36. The molecule has 1 saturated heterocycles. The van der Waals surface area contributed by atoms with Crippen LogP contribution in [-0.2, 0) is 4.79 Å². The zero-order valence-corrected chi connectivity index (χ0v) is 15.8. The van der Waals surface area contributed by atoms with Gasteiger partial charge in [0.2, 0.25) is 5.91 Å². The molecule has 4 rings (SSSR count). The summed E-state index contributed by atoms with van der Waals surface area (Å²) in [5.41, 5.74) is 2.44. The molecule has 2 heterocycles. The van der Waals surface area contributed by atoms with Crippen LogP contribution in [0.4, 0.5) is 5.13 Å². The van der Waals surface area contributed by atoms with Crippen molar-refractivity contribution >= 4 is 22.4 Å². The van der Waals surface area contributed by atoms with E-state index < -0.39 is 0 Å². The highest BCUT2D eigenvalue weighted by atomic mass is 32.1. The van der Waals surface area contributed by atoms with Crippen molar-refractivity contribution in [2.45, 2.75) is 32.6 Å². The molecule has 1 aliphatic carbocycles. The van der Waals surface area contributed by atoms with Gasteiger partial charge >= 0.3 is 0 Å². The maximum Gasteiger partial charge on any atom is 0.226 e. The molecular weight excluding hydrogens is 330 g/mol. The molecule has 0 unspecified atom stereocenters. The van der Waals surface area contributed by atoms with Crippen molar-refractivity contribution < 1.29 is 4.79 Å². The summed E-state index contributed by atoms with van der Waals surface area (Å²) < 4.78 is 0. The van der Waals surface area contributed by atoms with E-state index in [1.807, 2.05) is 6.07 Å². The first kappa shape index (κ1) is 16.6. The van der Waals surface area contributed by atoms with Gasteiger partial charge < -0.3 is 9.80 Å². The van der Waals surface area contributed by atoms with Crippen LogP contribution in [0.25, 0.3) is 0 Å². The fourth-order valence-electron chi connectivity index (χ4n) is 3.69. The zero-order chi connectivity index (χ0) is 17.4. The summed E-state index contributed by atoms with van der Waals surface area (Å²) in [4.78, 5) is 23.3. The highest BCUT2D eigenvalue weighted by molar-refractivity contribution is 7.15. The molecule has 132 valence electrons. The second-order valence-corrected chi connectivity index (χ2v) is 8.34. The van der Waals surface area contributed by atoms with Gasteiger partial charge in [-0.3, -0.25) is 4.79 Å². The average molecular weight is 356 g/mol. The fraction of sp³-hybridized carbons (Fsp3) is 0.500. The topological polar surface area (TPSA) is 36.4 Å². The second-order valence-electron chi connectivity index (χ2n) is 7.16. The van der Waals surface area contributed by atoms with Gasteiger partial charge in [0.25, 0.3) is 0 Å². The molecule has 2 atom stereocenters. The molecule has 0 N–H and O–H groups in total. The van der Waals surface area contributed by atoms with Crippen LogP contribution in [0.5, 0.6) is 0 Å². The second kappa shape index (κ2) is 6.79. The van der Waals surface area contributed by atoms with Gasteiger partial charge in [0, 0.05) is 37.0 Å². The Balaban J connectivity index is 1.37. The number of carbonyl (C=O) groups excluding carboxylic acids is 1. The number of aromatic nitrogens is 1. The highest BCUT2D eigenvalue weighted by Gasteiger charge is 2.45. The summed E-state index contributed by atoms with van der Waals surface area (Å²) in [6.07, 6.45) is 2.03. The van der Waals surface area contributed by atoms with Crippen LogP contribution in [0.1, 0.15) is 34.9 Å². The number of benzene rings is 1. The van der Waals surface area contributed by atoms with Crippen LogP contribution in [-0.4, -0.2) is 42.0 Å². The Labute approximate surface area is 153 Å². The number of hydrogen-bond acceptors (Lipinski definition) is 4. The van der Waals surface area contributed by atoms with Crippen molar-refractivity contribution in [3.63, 3.8) is 0 Å². The zero-order valence-electron chi connectivity index (χ0n) is 14.9. The minimum absolute atomic E-state index is 0.193. The minimum atomic E-state index is 0.193. The van der Waals surface area contributed by atoms with Gasteiger partial charge in [0.05, 0.1) is 5.69 Å². The molecule has 1 aromatic carbocycles. The largest absolute Gasteiger partial charge is 0.346 e. The molecule has 0 spiro atoms. The third-order valence-electron chi connectivity index (χ3n) is 5.43. The summed E-state index contributed by atoms with van der Waals surface area (Å²) >= 11 is 1.77. The molecule has 2 fully saturated rings. The first-order valence-corrected chi connectivity index (χ1v) is 9.98. The SMILES string of the molecule is Cc1nc(N2CCCN(C(=O)[C@@H]3C[C@H]3c3ccccc3)CC2)sc1C. The number of amides is 1. The van der Waals surface area contributed by atoms with E-state index >= 15 is 0 Å². The number of aryl methyl sites for hydroxylation is 2. The Morgan fingerprint density at radius 1 is 1.12 bits per heavy atom. The predicted molar refractivity (Wildman–Crippen MR) is 102 cm³/mol. The maximum absolute atomic E-state index is 12.9. The Morgan fingerprint density at radius 3 is 2.64 bits per heavy atom. The van der Waals surface area contributed by atoms with Gasteiger partial charge in [-0.25, -0.2) is 4.98 Å². The molecule has 1 amide bonds. The smallest absolute Gasteiger partial charge is 0.226 e. The van der Waals surface area contributed by atoms with Gasteiger partial charge in [-0.05, 0) is 38.2 Å². The fourth-order valence-corrected chi connectivity index (χ4v) is 4.65. The van der Waals surface area contributed by atoms with Crippen LogP contribution in [0.2, 0.25) is 0 Å². The quantitative estimate of drug-likeness (QED) is 0.844. The highest BCUT2D eigenvalue weighted by Crippen LogP contribution is 2.48. The van der Waals surface area contributed by atoms with E-state index in [4.69, 9.17) is 0 Å². The number of nitrogens with zero attached hydrogens (tertiary/aromatic N) is 3. The summed E-state index contributed by atoms with van der Waals surface area (Å²) in [6.45, 7) is 7.76. The van der Waals surface area contributed by atoms with E-state index in [9.17, 15) is 4.79 Å². The normalized spacial score (nSPS) is 23.4. The van der Waals surface area contributed by atoms with E-state index in [1.165, 1.54) is 10.4 Å². The molecule has 2 aromatic rings. The van der Waals surface area contributed by atoms with E-state index in [2.05, 4.69) is 52.9 Å². The molecule has 0 radical (unpaired) electrons. The van der Waals surface area contributed by atoms with Gasteiger partial charge in [-0.15, -0.1) is 11.3 Å². The van der Waals surface area contributed by atoms with Crippen LogP contribution in [0, 0.1) is 19.8 Å². The lowest BCUT2D eigenvalue weighted by Gasteiger charge is -2.22. The molecule has 0 bridgehead atoms.